The number of carbonyl (C=O) groups excluding carboxylic acids is 1. The number of aliphatic hydroxyl groups is 1. The Kier molecular flexibility index (Phi) is 5.44. The molecule has 2 rings (SSSR count). The maximum atomic E-state index is 12.2. The number of nitrogens with zero attached hydrogens (tertiary/aromatic N) is 1. The number of hydrogen-bond donors (Lipinski definition) is 2. The highest BCUT2D eigenvalue weighted by Crippen LogP contribution is 2.42. The Balaban J connectivity index is 2.54. The molecule has 1 atom stereocenters. The molecule has 0 aliphatic carbocycles. The summed E-state index contributed by atoms with van der Waals surface area (Å²) in [6.07, 6.45) is 1.04. The maximum Gasteiger partial charge on any atom is 0.326 e. The molecule has 0 bridgehead atoms. The van der Waals surface area contributed by atoms with Crippen molar-refractivity contribution in [3.05, 3.63) is 17.7 Å². The van der Waals surface area contributed by atoms with Crippen LogP contribution in [0.5, 0.6) is 11.5 Å². The third-order valence-corrected chi connectivity index (χ3v) is 3.59. The fraction of sp³-hybridized carbons (Fsp3) is 0.500. The second-order valence-corrected chi connectivity index (χ2v) is 5.26. The van der Waals surface area contributed by atoms with E-state index in [4.69, 9.17) is 9.47 Å². The number of fused-ring (bicyclic) bond motifs is 1. The third-order valence-electron chi connectivity index (χ3n) is 3.59. The third kappa shape index (κ3) is 3.39. The molecule has 1 aromatic carbocycles. The summed E-state index contributed by atoms with van der Waals surface area (Å²) >= 11 is 0. The Morgan fingerprint density at radius 2 is 2.17 bits per heavy atom. The van der Waals surface area contributed by atoms with Crippen LogP contribution in [0.25, 0.3) is 0 Å². The Labute approximate surface area is 134 Å². The van der Waals surface area contributed by atoms with Crippen molar-refractivity contribution in [3.8, 4) is 11.5 Å². The summed E-state index contributed by atoms with van der Waals surface area (Å²) in [6.45, 7) is 3.62. The molecule has 1 amide bonds. The van der Waals surface area contributed by atoms with Gasteiger partial charge in [0.1, 0.15) is 6.04 Å². The molecule has 23 heavy (non-hydrogen) atoms. The Hall–Kier alpha value is -2.28. The smallest absolute Gasteiger partial charge is 0.326 e. The van der Waals surface area contributed by atoms with Gasteiger partial charge in [-0.3, -0.25) is 9.69 Å². The van der Waals surface area contributed by atoms with E-state index in [1.54, 1.807) is 19.1 Å². The van der Waals surface area contributed by atoms with Crippen LogP contribution in [-0.4, -0.2) is 41.3 Å². The van der Waals surface area contributed by atoms with Crippen molar-refractivity contribution in [2.75, 3.05) is 18.1 Å². The van der Waals surface area contributed by atoms with Gasteiger partial charge in [0.15, 0.2) is 18.1 Å². The number of ether oxygens (including phenoxy) is 2. The quantitative estimate of drug-likeness (QED) is 0.790. The molecule has 0 spiro atoms. The number of carboxylic acid groups (broad SMARTS) is 1. The van der Waals surface area contributed by atoms with Crippen molar-refractivity contribution in [1.82, 2.24) is 0 Å². The number of anilines is 1. The van der Waals surface area contributed by atoms with Gasteiger partial charge in [0.2, 0.25) is 0 Å². The van der Waals surface area contributed by atoms with Crippen LogP contribution >= 0.6 is 0 Å². The predicted octanol–water partition coefficient (Wildman–Crippen LogP) is 1.56. The average molecular weight is 323 g/mol. The van der Waals surface area contributed by atoms with Gasteiger partial charge in [0.25, 0.3) is 5.91 Å². The molecule has 2 N–H and O–H groups in total. The molecule has 7 heteroatoms. The van der Waals surface area contributed by atoms with Gasteiger partial charge < -0.3 is 19.7 Å². The number of carbonyl (C=O) groups is 2. The van der Waals surface area contributed by atoms with Gasteiger partial charge in [-0.05, 0) is 30.5 Å². The van der Waals surface area contributed by atoms with Gasteiger partial charge in [-0.25, -0.2) is 4.79 Å². The van der Waals surface area contributed by atoms with E-state index >= 15 is 0 Å². The topological polar surface area (TPSA) is 96.3 Å². The monoisotopic (exact) mass is 323 g/mol. The first-order valence-corrected chi connectivity index (χ1v) is 7.61. The summed E-state index contributed by atoms with van der Waals surface area (Å²) in [4.78, 5) is 24.9. The number of hydrogen-bond acceptors (Lipinski definition) is 5. The van der Waals surface area contributed by atoms with Gasteiger partial charge in [-0.15, -0.1) is 0 Å². The van der Waals surface area contributed by atoms with Crippen LogP contribution in [0, 0.1) is 0 Å². The molecule has 1 unspecified atom stereocenters. The summed E-state index contributed by atoms with van der Waals surface area (Å²) in [6, 6.07) is 2.22. The van der Waals surface area contributed by atoms with Crippen LogP contribution in [0.2, 0.25) is 0 Å². The van der Waals surface area contributed by atoms with Crippen molar-refractivity contribution < 1.29 is 29.3 Å². The first-order chi connectivity index (χ1) is 11.0. The van der Waals surface area contributed by atoms with E-state index in [0.717, 1.165) is 6.42 Å². The lowest BCUT2D eigenvalue weighted by Gasteiger charge is -2.34. The van der Waals surface area contributed by atoms with Crippen LogP contribution in [0.15, 0.2) is 12.1 Å². The highest BCUT2D eigenvalue weighted by Gasteiger charge is 2.36. The van der Waals surface area contributed by atoms with Gasteiger partial charge >= 0.3 is 5.97 Å². The molecule has 0 aromatic heterocycles. The van der Waals surface area contributed by atoms with E-state index in [1.807, 2.05) is 6.92 Å². The summed E-state index contributed by atoms with van der Waals surface area (Å²) in [5.41, 5.74) is 0.853. The second kappa shape index (κ2) is 7.32. The molecule has 0 saturated heterocycles. The summed E-state index contributed by atoms with van der Waals surface area (Å²) in [5, 5.41) is 18.8. The largest absolute Gasteiger partial charge is 0.490 e. The summed E-state index contributed by atoms with van der Waals surface area (Å²) in [7, 11) is 0. The lowest BCUT2D eigenvalue weighted by Crippen LogP contribution is -2.49. The van der Waals surface area contributed by atoms with Crippen LogP contribution in [0.1, 0.15) is 32.3 Å². The fourth-order valence-electron chi connectivity index (χ4n) is 2.52. The number of carboxylic acids is 1. The zero-order valence-corrected chi connectivity index (χ0v) is 13.2. The van der Waals surface area contributed by atoms with Crippen molar-refractivity contribution in [1.29, 1.82) is 0 Å². The van der Waals surface area contributed by atoms with E-state index in [1.165, 1.54) is 4.90 Å². The minimum Gasteiger partial charge on any atom is -0.490 e. The second-order valence-electron chi connectivity index (χ2n) is 5.26. The van der Waals surface area contributed by atoms with Gasteiger partial charge in [0.05, 0.1) is 18.9 Å². The highest BCUT2D eigenvalue weighted by molar-refractivity contribution is 6.03. The van der Waals surface area contributed by atoms with E-state index in [2.05, 4.69) is 0 Å². The Morgan fingerprint density at radius 1 is 1.43 bits per heavy atom. The van der Waals surface area contributed by atoms with Crippen molar-refractivity contribution in [2.24, 2.45) is 0 Å². The van der Waals surface area contributed by atoms with Gasteiger partial charge in [-0.1, -0.05) is 13.8 Å². The van der Waals surface area contributed by atoms with E-state index in [9.17, 15) is 19.8 Å². The normalized spacial score (nSPS) is 14.9. The molecule has 0 saturated carbocycles. The Morgan fingerprint density at radius 3 is 2.74 bits per heavy atom. The molecule has 1 aliphatic heterocycles. The summed E-state index contributed by atoms with van der Waals surface area (Å²) in [5.74, 6) is -0.761. The fourth-order valence-corrected chi connectivity index (χ4v) is 2.52. The molecular formula is C16H21NO6. The lowest BCUT2D eigenvalue weighted by molar-refractivity contribution is -0.140. The molecule has 126 valence electrons. The van der Waals surface area contributed by atoms with Crippen LogP contribution in [0.4, 0.5) is 5.69 Å². The number of aliphatic hydroxyl groups excluding tert-OH is 1. The minimum atomic E-state index is -1.08. The standard InChI is InChI=1S/C16H21NO6/c1-3-5-22-13-7-10(8-18)6-12-15(13)23-9-14(19)17(12)11(4-2)16(20)21/h6-7,11,18H,3-5,8-9H2,1-2H3,(H,20,21). The highest BCUT2D eigenvalue weighted by atomic mass is 16.5. The molecule has 0 radical (unpaired) electrons. The molecule has 0 fully saturated rings. The zero-order valence-electron chi connectivity index (χ0n) is 13.2. The molecule has 1 heterocycles. The predicted molar refractivity (Wildman–Crippen MR) is 82.8 cm³/mol. The molecule has 1 aliphatic rings. The van der Waals surface area contributed by atoms with E-state index in [0.29, 0.717) is 29.4 Å². The Bertz CT molecular complexity index is 600. The SMILES string of the molecule is CCCOc1cc(CO)cc2c1OCC(=O)N2C(CC)C(=O)O. The van der Waals surface area contributed by atoms with Crippen molar-refractivity contribution >= 4 is 17.6 Å². The van der Waals surface area contributed by atoms with Crippen LogP contribution < -0.4 is 14.4 Å². The molecular weight excluding hydrogens is 302 g/mol. The molecule has 1 aromatic rings. The van der Waals surface area contributed by atoms with Gasteiger partial charge in [0, 0.05) is 0 Å². The van der Waals surface area contributed by atoms with Gasteiger partial charge in [-0.2, -0.15) is 0 Å². The number of rotatable bonds is 7. The molecule has 7 nitrogen and oxygen atoms in total. The van der Waals surface area contributed by atoms with Crippen LogP contribution in [-0.2, 0) is 16.2 Å². The first kappa shape index (κ1) is 17.1. The van der Waals surface area contributed by atoms with Crippen molar-refractivity contribution in [2.45, 2.75) is 39.3 Å². The average Bonchev–Trinajstić information content (AvgIpc) is 2.54. The van der Waals surface area contributed by atoms with Crippen molar-refractivity contribution in [3.63, 3.8) is 0 Å². The zero-order chi connectivity index (χ0) is 17.0. The van der Waals surface area contributed by atoms with E-state index < -0.39 is 17.9 Å². The van der Waals surface area contributed by atoms with Crippen LogP contribution in [0.3, 0.4) is 0 Å². The summed E-state index contributed by atoms with van der Waals surface area (Å²) < 4.78 is 11.1. The maximum absolute atomic E-state index is 12.2. The number of aliphatic carboxylic acids is 1. The number of amides is 1. The lowest BCUT2D eigenvalue weighted by atomic mass is 10.1. The number of benzene rings is 1. The van der Waals surface area contributed by atoms with E-state index in [-0.39, 0.29) is 19.6 Å². The first-order valence-electron chi connectivity index (χ1n) is 7.61. The minimum absolute atomic E-state index is 0.238.